The SMILES string of the molecule is NS(=O)(=O)C1CCCN(S(=O)(=O)c2ccc(F)cc2)C1. The fraction of sp³-hybridized carbons (Fsp3) is 0.455. The second kappa shape index (κ2) is 5.40. The largest absolute Gasteiger partial charge is 0.243 e. The molecule has 1 saturated heterocycles. The normalized spacial score (nSPS) is 21.8. The Kier molecular flexibility index (Phi) is 4.14. The number of halogens is 1. The third kappa shape index (κ3) is 3.17. The third-order valence-corrected chi connectivity index (χ3v) is 6.45. The minimum atomic E-state index is -3.83. The van der Waals surface area contributed by atoms with Crippen LogP contribution in [0.4, 0.5) is 4.39 Å². The highest BCUT2D eigenvalue weighted by atomic mass is 32.2. The lowest BCUT2D eigenvalue weighted by Gasteiger charge is -2.30. The number of sulfonamides is 2. The molecule has 112 valence electrons. The third-order valence-electron chi connectivity index (χ3n) is 3.26. The van der Waals surface area contributed by atoms with Gasteiger partial charge in [0.1, 0.15) is 5.82 Å². The lowest BCUT2D eigenvalue weighted by Crippen LogP contribution is -2.46. The van der Waals surface area contributed by atoms with Crippen LogP contribution in [0.25, 0.3) is 0 Å². The lowest BCUT2D eigenvalue weighted by molar-refractivity contribution is 0.346. The summed E-state index contributed by atoms with van der Waals surface area (Å²) >= 11 is 0. The van der Waals surface area contributed by atoms with Crippen molar-refractivity contribution in [2.75, 3.05) is 13.1 Å². The molecule has 20 heavy (non-hydrogen) atoms. The number of nitrogens with zero attached hydrogens (tertiary/aromatic N) is 1. The van der Waals surface area contributed by atoms with Gasteiger partial charge in [0.2, 0.25) is 20.0 Å². The molecule has 1 aliphatic rings. The van der Waals surface area contributed by atoms with Crippen LogP contribution in [-0.2, 0) is 20.0 Å². The standard InChI is InChI=1S/C11H15FN2O4S2/c12-9-3-5-10(6-4-9)20(17,18)14-7-1-2-11(8-14)19(13,15)16/h3-6,11H,1-2,7-8H2,(H2,13,15,16). The predicted octanol–water partition coefficient (Wildman–Crippen LogP) is 0.267. The van der Waals surface area contributed by atoms with Crippen LogP contribution in [0, 0.1) is 5.82 Å². The number of piperidine rings is 1. The average Bonchev–Trinajstić information content (AvgIpc) is 2.38. The van der Waals surface area contributed by atoms with Gasteiger partial charge in [0.15, 0.2) is 0 Å². The molecule has 0 spiro atoms. The van der Waals surface area contributed by atoms with Gasteiger partial charge in [-0.15, -0.1) is 0 Å². The van der Waals surface area contributed by atoms with Crippen LogP contribution in [0.1, 0.15) is 12.8 Å². The Bertz CT molecular complexity index is 686. The molecule has 0 radical (unpaired) electrons. The summed E-state index contributed by atoms with van der Waals surface area (Å²) in [5.74, 6) is -0.537. The summed E-state index contributed by atoms with van der Waals surface area (Å²) in [5.41, 5.74) is 0. The van der Waals surface area contributed by atoms with Gasteiger partial charge < -0.3 is 0 Å². The summed E-state index contributed by atoms with van der Waals surface area (Å²) < 4.78 is 61.3. The van der Waals surface area contributed by atoms with Crippen LogP contribution in [-0.4, -0.2) is 39.5 Å². The highest BCUT2D eigenvalue weighted by Gasteiger charge is 2.34. The quantitative estimate of drug-likeness (QED) is 0.863. The molecule has 1 atom stereocenters. The van der Waals surface area contributed by atoms with Crippen molar-refractivity contribution in [3.05, 3.63) is 30.1 Å². The Morgan fingerprint density at radius 1 is 1.15 bits per heavy atom. The molecule has 1 unspecified atom stereocenters. The van der Waals surface area contributed by atoms with E-state index in [0.717, 1.165) is 28.6 Å². The average molecular weight is 322 g/mol. The number of hydrogen-bond acceptors (Lipinski definition) is 4. The van der Waals surface area contributed by atoms with Crippen molar-refractivity contribution in [1.82, 2.24) is 4.31 Å². The maximum absolute atomic E-state index is 12.8. The van der Waals surface area contributed by atoms with Crippen molar-refractivity contribution in [3.8, 4) is 0 Å². The maximum Gasteiger partial charge on any atom is 0.243 e. The Morgan fingerprint density at radius 3 is 2.30 bits per heavy atom. The van der Waals surface area contributed by atoms with Crippen molar-refractivity contribution in [1.29, 1.82) is 0 Å². The zero-order valence-corrected chi connectivity index (χ0v) is 12.2. The molecule has 1 aromatic rings. The summed E-state index contributed by atoms with van der Waals surface area (Å²) in [7, 11) is -7.60. The van der Waals surface area contributed by atoms with Crippen molar-refractivity contribution in [2.45, 2.75) is 23.0 Å². The van der Waals surface area contributed by atoms with Gasteiger partial charge in [-0.2, -0.15) is 4.31 Å². The zero-order chi connectivity index (χ0) is 15.0. The van der Waals surface area contributed by atoms with Gasteiger partial charge in [-0.05, 0) is 37.1 Å². The Morgan fingerprint density at radius 2 is 1.75 bits per heavy atom. The van der Waals surface area contributed by atoms with Crippen molar-refractivity contribution in [3.63, 3.8) is 0 Å². The van der Waals surface area contributed by atoms with Crippen LogP contribution in [0.2, 0.25) is 0 Å². The first kappa shape index (κ1) is 15.4. The monoisotopic (exact) mass is 322 g/mol. The second-order valence-corrected chi connectivity index (χ2v) is 8.45. The lowest BCUT2D eigenvalue weighted by atomic mass is 10.2. The van der Waals surface area contributed by atoms with Gasteiger partial charge in [0.05, 0.1) is 10.1 Å². The van der Waals surface area contributed by atoms with E-state index in [9.17, 15) is 21.2 Å². The van der Waals surface area contributed by atoms with Gasteiger partial charge >= 0.3 is 0 Å². The van der Waals surface area contributed by atoms with E-state index in [2.05, 4.69) is 0 Å². The van der Waals surface area contributed by atoms with Crippen LogP contribution >= 0.6 is 0 Å². The highest BCUT2D eigenvalue weighted by molar-refractivity contribution is 7.90. The summed E-state index contributed by atoms with van der Waals surface area (Å²) in [5, 5.41) is 4.18. The number of hydrogen-bond donors (Lipinski definition) is 1. The van der Waals surface area contributed by atoms with Gasteiger partial charge in [0.25, 0.3) is 0 Å². The minimum Gasteiger partial charge on any atom is -0.228 e. The second-order valence-electron chi connectivity index (χ2n) is 4.67. The van der Waals surface area contributed by atoms with Gasteiger partial charge in [0, 0.05) is 13.1 Å². The topological polar surface area (TPSA) is 97.5 Å². The van der Waals surface area contributed by atoms with Gasteiger partial charge in [-0.3, -0.25) is 0 Å². The van der Waals surface area contributed by atoms with E-state index in [4.69, 9.17) is 5.14 Å². The molecule has 1 aromatic carbocycles. The molecule has 0 bridgehead atoms. The number of rotatable bonds is 3. The Labute approximate surface area is 117 Å². The molecular weight excluding hydrogens is 307 g/mol. The number of primary sulfonamides is 1. The van der Waals surface area contributed by atoms with Crippen LogP contribution in [0.3, 0.4) is 0 Å². The van der Waals surface area contributed by atoms with E-state index < -0.39 is 31.1 Å². The molecular formula is C11H15FN2O4S2. The first-order valence-corrected chi connectivity index (χ1v) is 9.03. The minimum absolute atomic E-state index is 0.0611. The molecule has 0 saturated carbocycles. The first-order valence-electron chi connectivity index (χ1n) is 5.98. The van der Waals surface area contributed by atoms with Crippen molar-refractivity contribution < 1.29 is 21.2 Å². The molecule has 0 aromatic heterocycles. The van der Waals surface area contributed by atoms with E-state index in [-0.39, 0.29) is 18.0 Å². The van der Waals surface area contributed by atoms with Crippen LogP contribution in [0.5, 0.6) is 0 Å². The summed E-state index contributed by atoms with van der Waals surface area (Å²) in [6, 6.07) is 4.42. The molecule has 0 aliphatic carbocycles. The number of benzene rings is 1. The molecule has 1 aliphatic heterocycles. The predicted molar refractivity (Wildman–Crippen MR) is 71.3 cm³/mol. The summed E-state index contributed by atoms with van der Waals surface area (Å²) in [4.78, 5) is -0.0611. The summed E-state index contributed by atoms with van der Waals surface area (Å²) in [6.07, 6.45) is 0.760. The molecule has 9 heteroatoms. The molecule has 2 N–H and O–H groups in total. The van der Waals surface area contributed by atoms with E-state index in [1.54, 1.807) is 0 Å². The van der Waals surface area contributed by atoms with Gasteiger partial charge in [-0.1, -0.05) is 0 Å². The fourth-order valence-electron chi connectivity index (χ4n) is 2.15. The van der Waals surface area contributed by atoms with E-state index in [1.807, 2.05) is 0 Å². The van der Waals surface area contributed by atoms with Crippen LogP contribution in [0.15, 0.2) is 29.2 Å². The smallest absolute Gasteiger partial charge is 0.228 e. The Balaban J connectivity index is 2.28. The first-order chi connectivity index (χ1) is 9.21. The molecule has 2 rings (SSSR count). The zero-order valence-electron chi connectivity index (χ0n) is 10.6. The van der Waals surface area contributed by atoms with Crippen molar-refractivity contribution in [2.24, 2.45) is 5.14 Å². The van der Waals surface area contributed by atoms with Crippen molar-refractivity contribution >= 4 is 20.0 Å². The van der Waals surface area contributed by atoms with E-state index >= 15 is 0 Å². The molecule has 1 fully saturated rings. The maximum atomic E-state index is 12.8. The summed E-state index contributed by atoms with van der Waals surface area (Å²) in [6.45, 7) is 0.0598. The molecule has 0 amide bonds. The van der Waals surface area contributed by atoms with E-state index in [0.29, 0.717) is 12.8 Å². The molecule has 1 heterocycles. The Hall–Kier alpha value is -1.03. The molecule has 6 nitrogen and oxygen atoms in total. The fourth-order valence-corrected chi connectivity index (χ4v) is 4.65. The highest BCUT2D eigenvalue weighted by Crippen LogP contribution is 2.23. The van der Waals surface area contributed by atoms with E-state index in [1.165, 1.54) is 0 Å². The van der Waals surface area contributed by atoms with Crippen LogP contribution < -0.4 is 5.14 Å². The van der Waals surface area contributed by atoms with Gasteiger partial charge in [-0.25, -0.2) is 26.4 Å². The number of nitrogens with two attached hydrogens (primary N) is 1.